The summed E-state index contributed by atoms with van der Waals surface area (Å²) in [5, 5.41) is 15.2. The molecule has 0 atom stereocenters. The maximum atomic E-state index is 5.19. The molecular weight excluding hydrogens is 364 g/mol. The molecule has 0 radical (unpaired) electrons. The predicted octanol–water partition coefficient (Wildman–Crippen LogP) is 3.71. The molecule has 2 aromatic rings. The van der Waals surface area contributed by atoms with Gasteiger partial charge in [-0.2, -0.15) is 10.2 Å². The molecule has 26 heavy (non-hydrogen) atoms. The molecule has 4 N–H and O–H groups in total. The van der Waals surface area contributed by atoms with Crippen LogP contribution in [0.1, 0.15) is 13.3 Å². The minimum atomic E-state index is 0.424. The monoisotopic (exact) mass is 384 g/mol. The van der Waals surface area contributed by atoms with Gasteiger partial charge in [0.1, 0.15) is 0 Å². The lowest BCUT2D eigenvalue weighted by atomic mass is 10.3. The highest BCUT2D eigenvalue weighted by atomic mass is 32.1. The summed E-state index contributed by atoms with van der Waals surface area (Å²) in [7, 11) is 0. The summed E-state index contributed by atoms with van der Waals surface area (Å²) in [5.74, 6) is 0. The Morgan fingerprint density at radius 1 is 0.846 bits per heavy atom. The lowest BCUT2D eigenvalue weighted by Crippen LogP contribution is -2.25. The molecular formula is C18H20N6S2. The van der Waals surface area contributed by atoms with Gasteiger partial charge in [-0.3, -0.25) is 10.9 Å². The number of nitrogens with zero attached hydrogens (tertiary/aromatic N) is 2. The summed E-state index contributed by atoms with van der Waals surface area (Å²) < 4.78 is 0. The lowest BCUT2D eigenvalue weighted by molar-refractivity contribution is 1.02. The first-order valence-corrected chi connectivity index (χ1v) is 8.74. The maximum Gasteiger partial charge on any atom is 0.191 e. The Morgan fingerprint density at radius 2 is 1.35 bits per heavy atom. The molecule has 0 fully saturated rings. The summed E-state index contributed by atoms with van der Waals surface area (Å²) >= 11 is 10.3. The summed E-state index contributed by atoms with van der Waals surface area (Å²) in [6.07, 6.45) is 2.25. The topological polar surface area (TPSA) is 72.8 Å². The van der Waals surface area contributed by atoms with E-state index in [0.29, 0.717) is 16.6 Å². The van der Waals surface area contributed by atoms with Gasteiger partial charge >= 0.3 is 0 Å². The third kappa shape index (κ3) is 7.82. The first-order chi connectivity index (χ1) is 12.6. The molecule has 0 aliphatic heterocycles. The molecule has 0 amide bonds. The Morgan fingerprint density at radius 3 is 1.88 bits per heavy atom. The van der Waals surface area contributed by atoms with E-state index in [1.54, 1.807) is 6.21 Å². The van der Waals surface area contributed by atoms with Crippen molar-refractivity contribution in [3.05, 3.63) is 60.7 Å². The van der Waals surface area contributed by atoms with Crippen LogP contribution in [0, 0.1) is 0 Å². The standard InChI is InChI=1S/C18H20N6S2/c1-14(22-24-18(26)21-16-10-6-3-7-11-16)12-13-19-23-17(25)20-15-8-4-2-5-9-15/h2-11,13H,12H2,1H3,(H2,20,23,25)(H2,21,24,26). The SMILES string of the molecule is CC(CC=NNC(=S)Nc1ccccc1)=NNC(=S)Nc1ccccc1. The van der Waals surface area contributed by atoms with E-state index in [4.69, 9.17) is 24.4 Å². The zero-order valence-electron chi connectivity index (χ0n) is 14.3. The van der Waals surface area contributed by atoms with Crippen LogP contribution >= 0.6 is 24.4 Å². The van der Waals surface area contributed by atoms with Gasteiger partial charge in [-0.15, -0.1) is 0 Å². The number of hydrazone groups is 2. The molecule has 0 bridgehead atoms. The number of benzene rings is 2. The van der Waals surface area contributed by atoms with Crippen molar-refractivity contribution in [3.8, 4) is 0 Å². The number of thiocarbonyl (C=S) groups is 2. The normalized spacial score (nSPS) is 11.0. The van der Waals surface area contributed by atoms with Crippen molar-refractivity contribution in [1.29, 1.82) is 0 Å². The highest BCUT2D eigenvalue weighted by Crippen LogP contribution is 2.05. The van der Waals surface area contributed by atoms with Crippen LogP contribution in [-0.4, -0.2) is 22.2 Å². The third-order valence-corrected chi connectivity index (χ3v) is 3.44. The first-order valence-electron chi connectivity index (χ1n) is 7.92. The molecule has 0 heterocycles. The van der Waals surface area contributed by atoms with Crippen LogP contribution in [0.2, 0.25) is 0 Å². The zero-order chi connectivity index (χ0) is 18.6. The van der Waals surface area contributed by atoms with Crippen LogP contribution in [0.3, 0.4) is 0 Å². The number of nitrogens with one attached hydrogen (secondary N) is 4. The second-order valence-electron chi connectivity index (χ2n) is 5.23. The quantitative estimate of drug-likeness (QED) is 0.346. The van der Waals surface area contributed by atoms with Gasteiger partial charge < -0.3 is 10.6 Å². The molecule has 8 heteroatoms. The van der Waals surface area contributed by atoms with Crippen molar-refractivity contribution in [3.63, 3.8) is 0 Å². The van der Waals surface area contributed by atoms with E-state index in [9.17, 15) is 0 Å². The molecule has 0 aromatic heterocycles. The molecule has 2 aromatic carbocycles. The van der Waals surface area contributed by atoms with E-state index >= 15 is 0 Å². The van der Waals surface area contributed by atoms with Crippen molar-refractivity contribution in [1.82, 2.24) is 10.9 Å². The minimum Gasteiger partial charge on any atom is -0.331 e. The van der Waals surface area contributed by atoms with E-state index in [1.807, 2.05) is 67.6 Å². The molecule has 0 saturated carbocycles. The van der Waals surface area contributed by atoms with Gasteiger partial charge in [-0.25, -0.2) is 0 Å². The fourth-order valence-corrected chi connectivity index (χ4v) is 2.17. The summed E-state index contributed by atoms with van der Waals surface area (Å²) in [6, 6.07) is 19.3. The highest BCUT2D eigenvalue weighted by molar-refractivity contribution is 7.80. The van der Waals surface area contributed by atoms with Crippen molar-refractivity contribution in [2.45, 2.75) is 13.3 Å². The lowest BCUT2D eigenvalue weighted by Gasteiger charge is -2.07. The second-order valence-corrected chi connectivity index (χ2v) is 6.04. The van der Waals surface area contributed by atoms with Crippen LogP contribution < -0.4 is 21.5 Å². The van der Waals surface area contributed by atoms with Crippen molar-refractivity contribution in [2.75, 3.05) is 10.6 Å². The smallest absolute Gasteiger partial charge is 0.191 e. The van der Waals surface area contributed by atoms with Gasteiger partial charge in [0.25, 0.3) is 0 Å². The van der Waals surface area contributed by atoms with Gasteiger partial charge in [0.15, 0.2) is 10.2 Å². The molecule has 0 unspecified atom stereocenters. The average molecular weight is 385 g/mol. The molecule has 0 aliphatic carbocycles. The molecule has 134 valence electrons. The zero-order valence-corrected chi connectivity index (χ0v) is 15.9. The van der Waals surface area contributed by atoms with E-state index in [2.05, 4.69) is 31.7 Å². The molecule has 0 spiro atoms. The van der Waals surface area contributed by atoms with Crippen LogP contribution in [0.4, 0.5) is 11.4 Å². The summed E-state index contributed by atoms with van der Waals surface area (Å²) in [5.41, 5.74) is 8.20. The minimum absolute atomic E-state index is 0.424. The average Bonchev–Trinajstić information content (AvgIpc) is 2.65. The van der Waals surface area contributed by atoms with E-state index in [0.717, 1.165) is 17.1 Å². The Labute approximate surface area is 163 Å². The second kappa shape index (κ2) is 10.9. The number of hydrogen-bond donors (Lipinski definition) is 4. The van der Waals surface area contributed by atoms with Crippen LogP contribution in [0.15, 0.2) is 70.9 Å². The van der Waals surface area contributed by atoms with Crippen LogP contribution in [-0.2, 0) is 0 Å². The van der Waals surface area contributed by atoms with Crippen LogP contribution in [0.25, 0.3) is 0 Å². The molecule has 2 rings (SSSR count). The van der Waals surface area contributed by atoms with E-state index < -0.39 is 0 Å². The molecule has 0 saturated heterocycles. The van der Waals surface area contributed by atoms with Gasteiger partial charge in [0, 0.05) is 29.7 Å². The maximum absolute atomic E-state index is 5.19. The molecule has 0 aliphatic rings. The largest absolute Gasteiger partial charge is 0.331 e. The van der Waals surface area contributed by atoms with Crippen molar-refractivity contribution >= 4 is 58.0 Å². The highest BCUT2D eigenvalue weighted by Gasteiger charge is 1.96. The Balaban J connectivity index is 1.67. The van der Waals surface area contributed by atoms with E-state index in [1.165, 1.54) is 0 Å². The number of rotatable bonds is 6. The first kappa shape index (κ1) is 19.5. The third-order valence-electron chi connectivity index (χ3n) is 3.06. The van der Waals surface area contributed by atoms with Crippen molar-refractivity contribution < 1.29 is 0 Å². The number of hydrogen-bond acceptors (Lipinski definition) is 4. The van der Waals surface area contributed by atoms with Crippen molar-refractivity contribution in [2.24, 2.45) is 10.2 Å². The summed E-state index contributed by atoms with van der Waals surface area (Å²) in [4.78, 5) is 0. The Kier molecular flexibility index (Phi) is 8.17. The predicted molar refractivity (Wildman–Crippen MR) is 118 cm³/mol. The summed E-state index contributed by atoms with van der Waals surface area (Å²) in [6.45, 7) is 1.88. The van der Waals surface area contributed by atoms with Gasteiger partial charge in [0.05, 0.1) is 0 Å². The fraction of sp³-hybridized carbons (Fsp3) is 0.111. The number of anilines is 2. The van der Waals surface area contributed by atoms with Gasteiger partial charge in [-0.05, 0) is 55.6 Å². The Bertz CT molecular complexity index is 775. The van der Waals surface area contributed by atoms with Gasteiger partial charge in [-0.1, -0.05) is 36.4 Å². The Hall–Kier alpha value is -2.84. The molecule has 6 nitrogen and oxygen atoms in total. The van der Waals surface area contributed by atoms with E-state index in [-0.39, 0.29) is 0 Å². The fourth-order valence-electron chi connectivity index (χ4n) is 1.83. The van der Waals surface area contributed by atoms with Gasteiger partial charge in [0.2, 0.25) is 0 Å². The number of para-hydroxylation sites is 2. The van der Waals surface area contributed by atoms with Crippen LogP contribution in [0.5, 0.6) is 0 Å².